The molecule has 94 valence electrons. The predicted molar refractivity (Wildman–Crippen MR) is 77.9 cm³/mol. The van der Waals surface area contributed by atoms with Crippen molar-refractivity contribution >= 4 is 10.8 Å². The Bertz CT molecular complexity index is 776. The minimum absolute atomic E-state index is 0.0873. The SMILES string of the molecule is NCc1cc2ccc(-c3ccccc3)cc2c(=O)[nH]1. The number of H-pyrrole nitrogens is 1. The summed E-state index contributed by atoms with van der Waals surface area (Å²) in [7, 11) is 0. The molecule has 19 heavy (non-hydrogen) atoms. The molecule has 0 bridgehead atoms. The van der Waals surface area contributed by atoms with Gasteiger partial charge in [-0.05, 0) is 28.6 Å². The topological polar surface area (TPSA) is 58.9 Å². The van der Waals surface area contributed by atoms with Gasteiger partial charge in [-0.15, -0.1) is 0 Å². The summed E-state index contributed by atoms with van der Waals surface area (Å²) in [6.07, 6.45) is 0. The number of fused-ring (bicyclic) bond motifs is 1. The van der Waals surface area contributed by atoms with Crippen LogP contribution in [0, 0.1) is 0 Å². The summed E-state index contributed by atoms with van der Waals surface area (Å²) in [5, 5.41) is 1.61. The molecular formula is C16H14N2O. The molecular weight excluding hydrogens is 236 g/mol. The average molecular weight is 250 g/mol. The van der Waals surface area contributed by atoms with E-state index >= 15 is 0 Å². The molecule has 0 unspecified atom stereocenters. The second-order valence-corrected chi connectivity index (χ2v) is 4.50. The quantitative estimate of drug-likeness (QED) is 0.734. The van der Waals surface area contributed by atoms with E-state index in [0.717, 1.165) is 22.2 Å². The Hall–Kier alpha value is -2.39. The molecule has 0 aliphatic heterocycles. The van der Waals surface area contributed by atoms with E-state index < -0.39 is 0 Å². The van der Waals surface area contributed by atoms with Crippen molar-refractivity contribution < 1.29 is 0 Å². The number of hydrogen-bond donors (Lipinski definition) is 2. The maximum absolute atomic E-state index is 12.0. The van der Waals surface area contributed by atoms with Crippen molar-refractivity contribution in [3.8, 4) is 11.1 Å². The van der Waals surface area contributed by atoms with Crippen molar-refractivity contribution in [3.05, 3.63) is 70.6 Å². The standard InChI is InChI=1S/C16H14N2O/c17-10-14-8-13-7-6-12(9-15(13)16(19)18-14)11-4-2-1-3-5-11/h1-9H,10,17H2,(H,18,19). The van der Waals surface area contributed by atoms with Gasteiger partial charge in [0.1, 0.15) is 0 Å². The van der Waals surface area contributed by atoms with Gasteiger partial charge in [0.2, 0.25) is 0 Å². The Labute approximate surface area is 110 Å². The molecule has 0 aliphatic carbocycles. The minimum atomic E-state index is -0.0873. The third kappa shape index (κ3) is 2.16. The molecule has 0 spiro atoms. The first-order valence-electron chi connectivity index (χ1n) is 6.19. The lowest BCUT2D eigenvalue weighted by Crippen LogP contribution is -2.11. The number of nitrogens with one attached hydrogen (secondary N) is 1. The van der Waals surface area contributed by atoms with Gasteiger partial charge < -0.3 is 10.7 Å². The van der Waals surface area contributed by atoms with Crippen molar-refractivity contribution in [3.63, 3.8) is 0 Å². The van der Waals surface area contributed by atoms with Crippen LogP contribution in [-0.4, -0.2) is 4.98 Å². The molecule has 0 amide bonds. The van der Waals surface area contributed by atoms with Crippen molar-refractivity contribution in [1.82, 2.24) is 4.98 Å². The molecule has 0 saturated carbocycles. The highest BCUT2D eigenvalue weighted by atomic mass is 16.1. The zero-order valence-corrected chi connectivity index (χ0v) is 10.4. The number of pyridine rings is 1. The van der Waals surface area contributed by atoms with E-state index in [-0.39, 0.29) is 5.56 Å². The number of benzene rings is 2. The van der Waals surface area contributed by atoms with Crippen LogP contribution < -0.4 is 11.3 Å². The van der Waals surface area contributed by atoms with E-state index in [9.17, 15) is 4.79 Å². The fraction of sp³-hybridized carbons (Fsp3) is 0.0625. The van der Waals surface area contributed by atoms with Gasteiger partial charge in [0.15, 0.2) is 0 Å². The summed E-state index contributed by atoms with van der Waals surface area (Å²) < 4.78 is 0. The van der Waals surface area contributed by atoms with E-state index in [0.29, 0.717) is 11.9 Å². The van der Waals surface area contributed by atoms with Gasteiger partial charge in [0.05, 0.1) is 0 Å². The lowest BCUT2D eigenvalue weighted by Gasteiger charge is -2.05. The number of rotatable bonds is 2. The van der Waals surface area contributed by atoms with Crippen LogP contribution in [0.3, 0.4) is 0 Å². The van der Waals surface area contributed by atoms with Gasteiger partial charge in [-0.2, -0.15) is 0 Å². The van der Waals surface area contributed by atoms with Gasteiger partial charge in [0, 0.05) is 17.6 Å². The summed E-state index contributed by atoms with van der Waals surface area (Å²) in [6, 6.07) is 17.8. The molecule has 0 radical (unpaired) electrons. The van der Waals surface area contributed by atoms with Crippen LogP contribution in [0.5, 0.6) is 0 Å². The average Bonchev–Trinajstić information content (AvgIpc) is 2.47. The first-order valence-corrected chi connectivity index (χ1v) is 6.19. The molecule has 3 aromatic rings. The second-order valence-electron chi connectivity index (χ2n) is 4.50. The minimum Gasteiger partial charge on any atom is -0.325 e. The summed E-state index contributed by atoms with van der Waals surface area (Å²) in [5.41, 5.74) is 8.37. The monoisotopic (exact) mass is 250 g/mol. The van der Waals surface area contributed by atoms with E-state index in [1.165, 1.54) is 0 Å². The van der Waals surface area contributed by atoms with E-state index in [1.807, 2.05) is 54.6 Å². The second kappa shape index (κ2) is 4.71. The Balaban J connectivity index is 2.22. The third-order valence-corrected chi connectivity index (χ3v) is 3.23. The van der Waals surface area contributed by atoms with Gasteiger partial charge >= 0.3 is 0 Å². The zero-order valence-electron chi connectivity index (χ0n) is 10.4. The van der Waals surface area contributed by atoms with Crippen LogP contribution in [0.2, 0.25) is 0 Å². The van der Waals surface area contributed by atoms with Gasteiger partial charge in [-0.25, -0.2) is 0 Å². The molecule has 2 aromatic carbocycles. The molecule has 0 fully saturated rings. The molecule has 3 rings (SSSR count). The molecule has 3 N–H and O–H groups in total. The van der Waals surface area contributed by atoms with Crippen LogP contribution in [-0.2, 0) is 6.54 Å². The van der Waals surface area contributed by atoms with Gasteiger partial charge in [-0.3, -0.25) is 4.79 Å². The maximum Gasteiger partial charge on any atom is 0.256 e. The molecule has 3 heteroatoms. The lowest BCUT2D eigenvalue weighted by atomic mass is 10.0. The fourth-order valence-corrected chi connectivity index (χ4v) is 2.24. The Morgan fingerprint density at radius 2 is 1.74 bits per heavy atom. The molecule has 1 heterocycles. The van der Waals surface area contributed by atoms with E-state index in [4.69, 9.17) is 5.73 Å². The molecule has 0 saturated heterocycles. The summed E-state index contributed by atoms with van der Waals surface area (Å²) in [5.74, 6) is 0. The highest BCUT2D eigenvalue weighted by Gasteiger charge is 2.04. The zero-order chi connectivity index (χ0) is 13.2. The van der Waals surface area contributed by atoms with Crippen LogP contribution >= 0.6 is 0 Å². The largest absolute Gasteiger partial charge is 0.325 e. The van der Waals surface area contributed by atoms with E-state index in [1.54, 1.807) is 0 Å². The Kier molecular flexibility index (Phi) is 2.89. The highest BCUT2D eigenvalue weighted by Crippen LogP contribution is 2.22. The first kappa shape index (κ1) is 11.7. The highest BCUT2D eigenvalue weighted by molar-refractivity contribution is 5.86. The fourth-order valence-electron chi connectivity index (χ4n) is 2.24. The van der Waals surface area contributed by atoms with Crippen molar-refractivity contribution in [2.45, 2.75) is 6.54 Å². The smallest absolute Gasteiger partial charge is 0.256 e. The number of nitrogens with two attached hydrogens (primary N) is 1. The number of hydrogen-bond acceptors (Lipinski definition) is 2. The molecule has 0 atom stereocenters. The first-order chi connectivity index (χ1) is 9.28. The molecule has 0 aliphatic rings. The van der Waals surface area contributed by atoms with Gasteiger partial charge in [-0.1, -0.05) is 42.5 Å². The number of aromatic amines is 1. The number of aromatic nitrogens is 1. The maximum atomic E-state index is 12.0. The molecule has 1 aromatic heterocycles. The van der Waals surface area contributed by atoms with Gasteiger partial charge in [0.25, 0.3) is 5.56 Å². The summed E-state index contributed by atoms with van der Waals surface area (Å²) >= 11 is 0. The van der Waals surface area contributed by atoms with Crippen molar-refractivity contribution in [1.29, 1.82) is 0 Å². The van der Waals surface area contributed by atoms with E-state index in [2.05, 4.69) is 4.98 Å². The predicted octanol–water partition coefficient (Wildman–Crippen LogP) is 2.65. The Morgan fingerprint density at radius 3 is 2.47 bits per heavy atom. The summed E-state index contributed by atoms with van der Waals surface area (Å²) in [4.78, 5) is 14.8. The van der Waals surface area contributed by atoms with Crippen LogP contribution in [0.15, 0.2) is 59.4 Å². The van der Waals surface area contributed by atoms with Crippen LogP contribution in [0.1, 0.15) is 5.69 Å². The lowest BCUT2D eigenvalue weighted by molar-refractivity contribution is 0.983. The summed E-state index contributed by atoms with van der Waals surface area (Å²) in [6.45, 7) is 0.339. The third-order valence-electron chi connectivity index (χ3n) is 3.23. The normalized spacial score (nSPS) is 10.8. The Morgan fingerprint density at radius 1 is 0.947 bits per heavy atom. The molecule has 3 nitrogen and oxygen atoms in total. The van der Waals surface area contributed by atoms with Crippen LogP contribution in [0.25, 0.3) is 21.9 Å². The van der Waals surface area contributed by atoms with Crippen molar-refractivity contribution in [2.75, 3.05) is 0 Å². The van der Waals surface area contributed by atoms with Crippen molar-refractivity contribution in [2.24, 2.45) is 5.73 Å². The van der Waals surface area contributed by atoms with Crippen LogP contribution in [0.4, 0.5) is 0 Å².